The zero-order valence-electron chi connectivity index (χ0n) is 20.1. The molecule has 5 heterocycles. The summed E-state index contributed by atoms with van der Waals surface area (Å²) in [5.41, 5.74) is 3.17. The summed E-state index contributed by atoms with van der Waals surface area (Å²) in [6.07, 6.45) is 8.02. The lowest BCUT2D eigenvalue weighted by atomic mass is 10.0. The highest BCUT2D eigenvalue weighted by Gasteiger charge is 2.41. The number of aromatic nitrogens is 4. The normalized spacial score (nSPS) is 19.3. The second-order valence-corrected chi connectivity index (χ2v) is 9.58. The lowest BCUT2D eigenvalue weighted by Gasteiger charge is -2.33. The van der Waals surface area contributed by atoms with Gasteiger partial charge in [-0.05, 0) is 25.8 Å². The summed E-state index contributed by atoms with van der Waals surface area (Å²) in [4.78, 5) is 27.6. The van der Waals surface area contributed by atoms with E-state index < -0.39 is 12.4 Å². The lowest BCUT2D eigenvalue weighted by molar-refractivity contribution is -0.120. The van der Waals surface area contributed by atoms with Gasteiger partial charge < -0.3 is 14.0 Å². The molecule has 0 amide bonds. The third-order valence-electron chi connectivity index (χ3n) is 7.28. The van der Waals surface area contributed by atoms with Gasteiger partial charge in [0.25, 0.3) is 0 Å². The van der Waals surface area contributed by atoms with Crippen molar-refractivity contribution in [2.45, 2.75) is 57.7 Å². The van der Waals surface area contributed by atoms with Crippen LogP contribution in [-0.4, -0.2) is 43.8 Å². The first kappa shape index (κ1) is 23.4. The number of carbonyl (C=O) groups excluding carboxylic acids is 1. The molecule has 6 rings (SSSR count). The first-order chi connectivity index (χ1) is 17.9. The molecular weight excluding hydrogens is 483 g/mol. The Hall–Kier alpha value is -3.95. The van der Waals surface area contributed by atoms with Crippen LogP contribution in [0.1, 0.15) is 42.6 Å². The molecule has 0 aliphatic carbocycles. The van der Waals surface area contributed by atoms with E-state index in [1.807, 2.05) is 0 Å². The number of imidazole rings is 1. The van der Waals surface area contributed by atoms with Crippen LogP contribution in [0.3, 0.4) is 0 Å². The molecule has 2 aliphatic rings. The number of pyridine rings is 1. The molecule has 4 aromatic rings. The molecule has 37 heavy (non-hydrogen) atoms. The molecule has 2 saturated heterocycles. The van der Waals surface area contributed by atoms with Gasteiger partial charge in [0, 0.05) is 78.4 Å². The minimum Gasteiger partial charge on any atom is -0.435 e. The van der Waals surface area contributed by atoms with E-state index in [-0.39, 0.29) is 30.0 Å². The second kappa shape index (κ2) is 9.17. The summed E-state index contributed by atoms with van der Waals surface area (Å²) in [5, 5.41) is 0. The van der Waals surface area contributed by atoms with Crippen molar-refractivity contribution in [2.75, 3.05) is 4.90 Å². The summed E-state index contributed by atoms with van der Waals surface area (Å²) in [6, 6.07) is 8.19. The maximum atomic E-state index is 15.2. The first-order valence-electron chi connectivity index (χ1n) is 12.2. The molecule has 0 N–H and O–H groups in total. The molecule has 7 nitrogen and oxygen atoms in total. The van der Waals surface area contributed by atoms with Crippen LogP contribution in [0.15, 0.2) is 48.9 Å². The van der Waals surface area contributed by atoms with Crippen LogP contribution < -0.4 is 9.64 Å². The molecule has 0 saturated carbocycles. The molecule has 10 heteroatoms. The number of halogens is 3. The summed E-state index contributed by atoms with van der Waals surface area (Å²) in [7, 11) is 0. The molecule has 2 aliphatic heterocycles. The van der Waals surface area contributed by atoms with Crippen LogP contribution in [0.4, 0.5) is 19.1 Å². The fourth-order valence-electron chi connectivity index (χ4n) is 5.59. The topological polar surface area (TPSA) is 72.6 Å². The van der Waals surface area contributed by atoms with Crippen LogP contribution in [-0.2, 0) is 11.2 Å². The number of nitrogens with zero attached hydrogens (tertiary/aromatic N) is 5. The van der Waals surface area contributed by atoms with E-state index in [2.05, 4.69) is 24.6 Å². The van der Waals surface area contributed by atoms with E-state index in [1.54, 1.807) is 48.1 Å². The van der Waals surface area contributed by atoms with Crippen molar-refractivity contribution >= 4 is 17.4 Å². The van der Waals surface area contributed by atoms with Crippen molar-refractivity contribution in [1.29, 1.82) is 0 Å². The molecule has 1 aromatic carbocycles. The number of rotatable bonds is 6. The molecule has 0 radical (unpaired) electrons. The van der Waals surface area contributed by atoms with E-state index >= 15 is 4.39 Å². The standard InChI is InChI=1S/C27H24F3N5O2/c1-15-23(8-16-4-2-3-5-24(16)37-26(29)30)34-14-21(22(28)11-25(34)33-15)17-12-31-27(32-13-17)35-18-6-7-19(35)10-20(36)9-18/h2-5,11-14,18-19,26H,6-10H2,1H3. The van der Waals surface area contributed by atoms with Gasteiger partial charge in [0.15, 0.2) is 0 Å². The number of hydrogen-bond donors (Lipinski definition) is 0. The highest BCUT2D eigenvalue weighted by atomic mass is 19.3. The number of para-hydroxylation sites is 1. The highest BCUT2D eigenvalue weighted by molar-refractivity contribution is 5.82. The fourth-order valence-corrected chi connectivity index (χ4v) is 5.59. The Morgan fingerprint density at radius 3 is 2.51 bits per heavy atom. The maximum absolute atomic E-state index is 15.2. The number of hydrogen-bond acceptors (Lipinski definition) is 6. The SMILES string of the molecule is Cc1nc2cc(F)c(-c3cnc(N4C5CCC4CC(=O)C5)nc3)cn2c1Cc1ccccc1OC(F)F. The van der Waals surface area contributed by atoms with Gasteiger partial charge in [0.05, 0.1) is 5.69 Å². The fraction of sp³-hybridized carbons (Fsp3) is 0.333. The predicted octanol–water partition coefficient (Wildman–Crippen LogP) is 5.13. The predicted molar refractivity (Wildman–Crippen MR) is 130 cm³/mol. The Labute approximate surface area is 210 Å². The van der Waals surface area contributed by atoms with Crippen molar-refractivity contribution in [2.24, 2.45) is 0 Å². The molecule has 190 valence electrons. The number of carbonyl (C=O) groups is 1. The average Bonchev–Trinajstić information content (AvgIpc) is 3.31. The molecule has 2 atom stereocenters. The van der Waals surface area contributed by atoms with Gasteiger partial charge in [-0.1, -0.05) is 18.2 Å². The number of aryl methyl sites for hydroxylation is 1. The summed E-state index contributed by atoms with van der Waals surface area (Å²) < 4.78 is 47.4. The Morgan fingerprint density at radius 2 is 1.81 bits per heavy atom. The van der Waals surface area contributed by atoms with Gasteiger partial charge in [0.1, 0.15) is 23.0 Å². The Balaban J connectivity index is 1.33. The summed E-state index contributed by atoms with van der Waals surface area (Å²) >= 11 is 0. The number of ketones is 1. The largest absolute Gasteiger partial charge is 0.435 e. The van der Waals surface area contributed by atoms with E-state index in [0.29, 0.717) is 46.8 Å². The lowest BCUT2D eigenvalue weighted by Crippen LogP contribution is -2.44. The zero-order chi connectivity index (χ0) is 25.7. The van der Waals surface area contributed by atoms with Crippen molar-refractivity contribution in [3.63, 3.8) is 0 Å². The summed E-state index contributed by atoms with van der Waals surface area (Å²) in [6.45, 7) is -1.14. The molecule has 2 unspecified atom stereocenters. The number of fused-ring (bicyclic) bond motifs is 3. The van der Waals surface area contributed by atoms with E-state index in [9.17, 15) is 13.6 Å². The third kappa shape index (κ3) is 4.30. The first-order valence-corrected chi connectivity index (χ1v) is 12.2. The highest BCUT2D eigenvalue weighted by Crippen LogP contribution is 2.37. The maximum Gasteiger partial charge on any atom is 0.387 e. The van der Waals surface area contributed by atoms with Crippen LogP contribution in [0.2, 0.25) is 0 Å². The van der Waals surface area contributed by atoms with Crippen molar-refractivity contribution in [1.82, 2.24) is 19.4 Å². The Morgan fingerprint density at radius 1 is 1.11 bits per heavy atom. The van der Waals surface area contributed by atoms with E-state index in [1.165, 1.54) is 12.1 Å². The zero-order valence-corrected chi connectivity index (χ0v) is 20.1. The molecule has 2 bridgehead atoms. The second-order valence-electron chi connectivity index (χ2n) is 9.58. The smallest absolute Gasteiger partial charge is 0.387 e. The average molecular weight is 508 g/mol. The minimum absolute atomic E-state index is 0.0894. The van der Waals surface area contributed by atoms with E-state index in [0.717, 1.165) is 18.5 Å². The number of alkyl halides is 2. The number of anilines is 1. The molecule has 3 aromatic heterocycles. The van der Waals surface area contributed by atoms with Crippen molar-refractivity contribution in [3.05, 3.63) is 71.7 Å². The minimum atomic E-state index is -2.94. The van der Waals surface area contributed by atoms with Gasteiger partial charge in [-0.2, -0.15) is 8.78 Å². The molecule has 2 fully saturated rings. The van der Waals surface area contributed by atoms with Gasteiger partial charge in [0.2, 0.25) is 5.95 Å². The van der Waals surface area contributed by atoms with Crippen molar-refractivity contribution < 1.29 is 22.7 Å². The number of ether oxygens (including phenoxy) is 1. The quantitative estimate of drug-likeness (QED) is 0.360. The van der Waals surface area contributed by atoms with Crippen LogP contribution in [0.5, 0.6) is 5.75 Å². The number of Topliss-reactive ketones (excluding diaryl/α,β-unsaturated/α-hetero) is 1. The van der Waals surface area contributed by atoms with Gasteiger partial charge in [-0.25, -0.2) is 19.3 Å². The van der Waals surface area contributed by atoms with Crippen LogP contribution in [0, 0.1) is 12.7 Å². The Kier molecular flexibility index (Phi) is 5.81. The van der Waals surface area contributed by atoms with Crippen LogP contribution >= 0.6 is 0 Å². The van der Waals surface area contributed by atoms with E-state index in [4.69, 9.17) is 0 Å². The molecule has 0 spiro atoms. The number of piperidine rings is 1. The summed E-state index contributed by atoms with van der Waals surface area (Å²) in [5.74, 6) is 0.461. The van der Waals surface area contributed by atoms with Gasteiger partial charge in [-0.15, -0.1) is 0 Å². The van der Waals surface area contributed by atoms with Crippen molar-refractivity contribution in [3.8, 4) is 16.9 Å². The van der Waals surface area contributed by atoms with Crippen LogP contribution in [0.25, 0.3) is 16.8 Å². The van der Waals surface area contributed by atoms with Gasteiger partial charge >= 0.3 is 6.61 Å². The monoisotopic (exact) mass is 507 g/mol. The Bertz CT molecular complexity index is 1470. The third-order valence-corrected chi connectivity index (χ3v) is 7.28. The molecular formula is C27H24F3N5O2. The number of benzene rings is 1. The van der Waals surface area contributed by atoms with Gasteiger partial charge in [-0.3, -0.25) is 4.79 Å².